The highest BCUT2D eigenvalue weighted by Crippen LogP contribution is 2.38. The van der Waals surface area contributed by atoms with Crippen molar-refractivity contribution in [3.8, 4) is 0 Å². The summed E-state index contributed by atoms with van der Waals surface area (Å²) in [6.45, 7) is 0.130. The molecule has 4 aromatic rings. The SMILES string of the molecule is O=C(O)C(F)(F)[C@@H]1O[C@H](COCc2ccccc2)[C@@H](OCc2ccccc2)[C@@H](OCc2ccccc2)[C@@H]1OCc1ccccc1. The summed E-state index contributed by atoms with van der Waals surface area (Å²) in [5.41, 5.74) is 3.24. The number of ether oxygens (including phenoxy) is 5. The highest BCUT2D eigenvalue weighted by Gasteiger charge is 2.61. The minimum Gasteiger partial charge on any atom is -0.477 e. The Kier molecular flexibility index (Phi) is 11.4. The maximum absolute atomic E-state index is 15.5. The van der Waals surface area contributed by atoms with Crippen LogP contribution in [0, 0.1) is 0 Å². The Bertz CT molecular complexity index is 1440. The van der Waals surface area contributed by atoms with Crippen molar-refractivity contribution in [2.24, 2.45) is 0 Å². The number of carbonyl (C=O) groups is 1. The van der Waals surface area contributed by atoms with E-state index in [4.69, 9.17) is 23.7 Å². The first-order valence-corrected chi connectivity index (χ1v) is 14.8. The van der Waals surface area contributed by atoms with Gasteiger partial charge in [0.15, 0.2) is 6.10 Å². The molecule has 1 aliphatic rings. The van der Waals surface area contributed by atoms with Gasteiger partial charge in [-0.2, -0.15) is 8.78 Å². The van der Waals surface area contributed by atoms with E-state index in [0.29, 0.717) is 5.56 Å². The van der Waals surface area contributed by atoms with Crippen LogP contribution in [-0.2, 0) is 54.9 Å². The summed E-state index contributed by atoms with van der Waals surface area (Å²) in [4.78, 5) is 11.9. The van der Waals surface area contributed by atoms with Crippen molar-refractivity contribution in [1.82, 2.24) is 0 Å². The van der Waals surface area contributed by atoms with Gasteiger partial charge >= 0.3 is 11.9 Å². The van der Waals surface area contributed by atoms with Gasteiger partial charge in [0.25, 0.3) is 0 Å². The van der Waals surface area contributed by atoms with E-state index in [2.05, 4.69) is 0 Å². The number of carboxylic acid groups (broad SMARTS) is 1. The zero-order chi connectivity index (χ0) is 31.5. The molecule has 0 bridgehead atoms. The van der Waals surface area contributed by atoms with Crippen LogP contribution in [0.4, 0.5) is 8.78 Å². The lowest BCUT2D eigenvalue weighted by Gasteiger charge is -2.47. The van der Waals surface area contributed by atoms with Crippen LogP contribution in [0.5, 0.6) is 0 Å². The lowest BCUT2D eigenvalue weighted by Crippen LogP contribution is -2.66. The number of alkyl halides is 2. The fourth-order valence-corrected chi connectivity index (χ4v) is 5.20. The van der Waals surface area contributed by atoms with Crippen LogP contribution in [0.1, 0.15) is 22.3 Å². The van der Waals surface area contributed by atoms with Crippen molar-refractivity contribution in [1.29, 1.82) is 0 Å². The molecule has 45 heavy (non-hydrogen) atoms. The van der Waals surface area contributed by atoms with Crippen LogP contribution in [-0.4, -0.2) is 54.1 Å². The maximum atomic E-state index is 15.5. The maximum Gasteiger partial charge on any atom is 0.377 e. The first kappa shape index (κ1) is 32.4. The average Bonchev–Trinajstić information content (AvgIpc) is 3.07. The minimum absolute atomic E-state index is 0.0465. The first-order valence-electron chi connectivity index (χ1n) is 14.8. The monoisotopic (exact) mass is 618 g/mol. The molecule has 0 spiro atoms. The summed E-state index contributed by atoms with van der Waals surface area (Å²) in [5, 5.41) is 9.63. The molecule has 1 N–H and O–H groups in total. The van der Waals surface area contributed by atoms with Gasteiger partial charge in [-0.1, -0.05) is 121 Å². The molecular weight excluding hydrogens is 582 g/mol. The summed E-state index contributed by atoms with van der Waals surface area (Å²) < 4.78 is 61.8. The van der Waals surface area contributed by atoms with Crippen molar-refractivity contribution in [2.45, 2.75) is 62.9 Å². The Morgan fingerprint density at radius 2 is 0.978 bits per heavy atom. The van der Waals surface area contributed by atoms with Crippen molar-refractivity contribution >= 4 is 5.97 Å². The van der Waals surface area contributed by atoms with Gasteiger partial charge in [0.1, 0.15) is 24.4 Å². The second-order valence-electron chi connectivity index (χ2n) is 10.8. The zero-order valence-electron chi connectivity index (χ0n) is 24.6. The molecule has 4 aromatic carbocycles. The highest BCUT2D eigenvalue weighted by molar-refractivity contribution is 5.76. The predicted octanol–water partition coefficient (Wildman–Crippen LogP) is 6.45. The normalized spacial score (nSPS) is 21.8. The quantitative estimate of drug-likeness (QED) is 0.164. The molecule has 1 saturated heterocycles. The summed E-state index contributed by atoms with van der Waals surface area (Å²) in [7, 11) is 0. The van der Waals surface area contributed by atoms with E-state index in [1.807, 2.05) is 97.1 Å². The van der Waals surface area contributed by atoms with Gasteiger partial charge in [-0.15, -0.1) is 0 Å². The van der Waals surface area contributed by atoms with E-state index in [1.165, 1.54) is 0 Å². The fourth-order valence-electron chi connectivity index (χ4n) is 5.20. The number of aliphatic carboxylic acids is 1. The average molecular weight is 619 g/mol. The molecule has 0 radical (unpaired) electrons. The summed E-state index contributed by atoms with van der Waals surface area (Å²) in [6.07, 6.45) is -6.91. The van der Waals surface area contributed by atoms with Crippen LogP contribution in [0.25, 0.3) is 0 Å². The second kappa shape index (κ2) is 15.8. The Labute approximate surface area is 261 Å². The molecule has 0 aliphatic carbocycles. The Morgan fingerprint density at radius 1 is 0.600 bits per heavy atom. The molecule has 0 saturated carbocycles. The van der Waals surface area contributed by atoms with Gasteiger partial charge in [0.2, 0.25) is 0 Å². The topological polar surface area (TPSA) is 83.5 Å². The van der Waals surface area contributed by atoms with E-state index >= 15 is 8.78 Å². The van der Waals surface area contributed by atoms with E-state index in [1.54, 1.807) is 24.3 Å². The third kappa shape index (κ3) is 8.81. The third-order valence-corrected chi connectivity index (χ3v) is 7.53. The first-order chi connectivity index (χ1) is 21.9. The molecule has 0 amide bonds. The molecule has 9 heteroatoms. The standard InChI is InChI=1S/C36H36F2O7/c37-36(38,35(39)40)34-33(44-24-29-19-11-4-12-20-29)32(43-23-28-17-9-3-10-18-28)31(42-22-27-15-7-2-8-16-27)30(45-34)25-41-21-26-13-5-1-6-14-26/h1-20,30-34H,21-25H2,(H,39,40)/t30-,31-,32-,33+,34-/m1/s1. The second-order valence-corrected chi connectivity index (χ2v) is 10.8. The summed E-state index contributed by atoms with van der Waals surface area (Å²) in [6, 6.07) is 37.0. The third-order valence-electron chi connectivity index (χ3n) is 7.53. The molecule has 236 valence electrons. The van der Waals surface area contributed by atoms with Crippen LogP contribution in [0.2, 0.25) is 0 Å². The van der Waals surface area contributed by atoms with E-state index in [9.17, 15) is 9.90 Å². The van der Waals surface area contributed by atoms with Crippen molar-refractivity contribution in [3.05, 3.63) is 144 Å². The van der Waals surface area contributed by atoms with Gasteiger partial charge in [0, 0.05) is 0 Å². The van der Waals surface area contributed by atoms with Gasteiger partial charge in [-0.3, -0.25) is 0 Å². The van der Waals surface area contributed by atoms with Gasteiger partial charge < -0.3 is 28.8 Å². The van der Waals surface area contributed by atoms with Crippen LogP contribution in [0.3, 0.4) is 0 Å². The number of rotatable bonds is 15. The number of halogens is 2. The van der Waals surface area contributed by atoms with Gasteiger partial charge in [0.05, 0.1) is 33.0 Å². The lowest BCUT2D eigenvalue weighted by molar-refractivity contribution is -0.307. The molecule has 7 nitrogen and oxygen atoms in total. The van der Waals surface area contributed by atoms with Gasteiger partial charge in [-0.25, -0.2) is 4.79 Å². The Balaban J connectivity index is 1.48. The summed E-state index contributed by atoms with van der Waals surface area (Å²) in [5.74, 6) is -6.63. The summed E-state index contributed by atoms with van der Waals surface area (Å²) >= 11 is 0. The fraction of sp³-hybridized carbons (Fsp3) is 0.306. The zero-order valence-corrected chi connectivity index (χ0v) is 24.6. The Morgan fingerprint density at radius 3 is 1.40 bits per heavy atom. The lowest BCUT2D eigenvalue weighted by atomic mass is 9.90. The molecule has 5 atom stereocenters. The largest absolute Gasteiger partial charge is 0.477 e. The van der Waals surface area contributed by atoms with Crippen molar-refractivity contribution in [2.75, 3.05) is 6.61 Å². The minimum atomic E-state index is -4.31. The van der Waals surface area contributed by atoms with E-state index in [0.717, 1.165) is 16.7 Å². The highest BCUT2D eigenvalue weighted by atomic mass is 19.3. The number of carboxylic acids is 1. The van der Waals surface area contributed by atoms with Crippen molar-refractivity contribution < 1.29 is 42.4 Å². The van der Waals surface area contributed by atoms with Gasteiger partial charge in [-0.05, 0) is 22.3 Å². The molecule has 1 aliphatic heterocycles. The van der Waals surface area contributed by atoms with E-state index in [-0.39, 0.29) is 33.0 Å². The smallest absolute Gasteiger partial charge is 0.377 e. The number of hydrogen-bond acceptors (Lipinski definition) is 6. The molecular formula is C36H36F2O7. The van der Waals surface area contributed by atoms with E-state index < -0.39 is 42.4 Å². The molecule has 5 rings (SSSR count). The molecule has 1 fully saturated rings. The molecule has 0 unspecified atom stereocenters. The number of benzene rings is 4. The van der Waals surface area contributed by atoms with Crippen molar-refractivity contribution in [3.63, 3.8) is 0 Å². The van der Waals surface area contributed by atoms with Crippen LogP contribution in [0.15, 0.2) is 121 Å². The Hall–Kier alpha value is -3.99. The predicted molar refractivity (Wildman–Crippen MR) is 162 cm³/mol. The van der Waals surface area contributed by atoms with Crippen LogP contribution < -0.4 is 0 Å². The number of hydrogen-bond donors (Lipinski definition) is 1. The molecule has 0 aromatic heterocycles. The van der Waals surface area contributed by atoms with Crippen LogP contribution >= 0.6 is 0 Å². The molecule has 1 heterocycles.